The minimum atomic E-state index is -1.07. The number of nitrogens with one attached hydrogen (secondary N) is 2. The van der Waals surface area contributed by atoms with E-state index in [4.69, 9.17) is 5.11 Å². The lowest BCUT2D eigenvalue weighted by atomic mass is 10.2. The number of carboxylic acid groups (broad SMARTS) is 1. The maximum absolute atomic E-state index is 11.6. The molecule has 0 aromatic carbocycles. The Bertz CT molecular complexity index is 413. The fraction of sp³-hybridized carbons (Fsp3) is 0.600. The first-order valence-corrected chi connectivity index (χ1v) is 5.41. The van der Waals surface area contributed by atoms with Crippen molar-refractivity contribution < 1.29 is 14.7 Å². The van der Waals surface area contributed by atoms with E-state index in [1.165, 1.54) is 0 Å². The second kappa shape index (κ2) is 5.42. The van der Waals surface area contributed by atoms with Gasteiger partial charge in [0.25, 0.3) is 5.91 Å². The summed E-state index contributed by atoms with van der Waals surface area (Å²) in [6, 6.07) is -0.913. The minimum Gasteiger partial charge on any atom is -0.480 e. The molecule has 3 N–H and O–H groups in total. The molecule has 7 nitrogen and oxygen atoms in total. The molecule has 0 spiro atoms. The standard InChI is InChI=1S/C10H16N4O3/c1-4-6(10(16)17)11-9(15)8-12-7(5(2)3)13-14-8/h5-6H,4H2,1-3H3,(H,11,15)(H,16,17)(H,12,13,14). The predicted octanol–water partition coefficient (Wildman–Crippen LogP) is 0.521. The van der Waals surface area contributed by atoms with Crippen LogP contribution < -0.4 is 5.32 Å². The summed E-state index contributed by atoms with van der Waals surface area (Å²) in [6.07, 6.45) is 0.308. The molecular formula is C10H16N4O3. The Morgan fingerprint density at radius 1 is 1.47 bits per heavy atom. The molecule has 0 saturated carbocycles. The third kappa shape index (κ3) is 3.27. The van der Waals surface area contributed by atoms with Crippen LogP contribution in [0.3, 0.4) is 0 Å². The summed E-state index contributed by atoms with van der Waals surface area (Å²) in [7, 11) is 0. The summed E-state index contributed by atoms with van der Waals surface area (Å²) in [5.41, 5.74) is 0. The molecule has 0 fully saturated rings. The van der Waals surface area contributed by atoms with Crippen molar-refractivity contribution in [2.45, 2.75) is 39.2 Å². The normalized spacial score (nSPS) is 12.5. The molecule has 0 saturated heterocycles. The third-order valence-corrected chi connectivity index (χ3v) is 2.26. The number of carbonyl (C=O) groups excluding carboxylic acids is 1. The Morgan fingerprint density at radius 2 is 2.12 bits per heavy atom. The smallest absolute Gasteiger partial charge is 0.326 e. The van der Waals surface area contributed by atoms with Crippen LogP contribution in [-0.2, 0) is 4.79 Å². The van der Waals surface area contributed by atoms with Crippen LogP contribution >= 0.6 is 0 Å². The summed E-state index contributed by atoms with van der Waals surface area (Å²) >= 11 is 0. The monoisotopic (exact) mass is 240 g/mol. The van der Waals surface area contributed by atoms with Gasteiger partial charge in [0.1, 0.15) is 11.9 Å². The van der Waals surface area contributed by atoms with E-state index < -0.39 is 17.9 Å². The van der Waals surface area contributed by atoms with Crippen molar-refractivity contribution in [3.63, 3.8) is 0 Å². The Kier molecular flexibility index (Phi) is 4.19. The van der Waals surface area contributed by atoms with Crippen molar-refractivity contribution in [3.05, 3.63) is 11.6 Å². The van der Waals surface area contributed by atoms with Gasteiger partial charge in [-0.1, -0.05) is 20.8 Å². The maximum atomic E-state index is 11.6. The Balaban J connectivity index is 2.72. The molecule has 0 aliphatic rings. The van der Waals surface area contributed by atoms with Gasteiger partial charge in [-0.05, 0) is 6.42 Å². The molecular weight excluding hydrogens is 224 g/mol. The maximum Gasteiger partial charge on any atom is 0.326 e. The molecule has 1 aromatic rings. The molecule has 0 radical (unpaired) electrons. The number of hydrogen-bond acceptors (Lipinski definition) is 4. The number of aromatic nitrogens is 3. The summed E-state index contributed by atoms with van der Waals surface area (Å²) in [5, 5.41) is 17.5. The molecule has 0 aliphatic carbocycles. The minimum absolute atomic E-state index is 0.0339. The SMILES string of the molecule is CCC(NC(=O)c1n[nH]c(C(C)C)n1)C(=O)O. The Hall–Kier alpha value is -1.92. The molecule has 17 heavy (non-hydrogen) atoms. The van der Waals surface area contributed by atoms with Gasteiger partial charge in [-0.25, -0.2) is 9.78 Å². The zero-order valence-electron chi connectivity index (χ0n) is 10.0. The number of aliphatic carboxylic acids is 1. The van der Waals surface area contributed by atoms with Crippen LogP contribution in [0.1, 0.15) is 49.6 Å². The number of amides is 1. The predicted molar refractivity (Wildman–Crippen MR) is 59.7 cm³/mol. The first kappa shape index (κ1) is 13.1. The summed E-state index contributed by atoms with van der Waals surface area (Å²) < 4.78 is 0. The van der Waals surface area contributed by atoms with Crippen molar-refractivity contribution in [1.82, 2.24) is 20.5 Å². The van der Waals surface area contributed by atoms with E-state index >= 15 is 0 Å². The second-order valence-electron chi connectivity index (χ2n) is 3.97. The first-order chi connectivity index (χ1) is 7.95. The van der Waals surface area contributed by atoms with E-state index in [0.29, 0.717) is 12.2 Å². The van der Waals surface area contributed by atoms with E-state index in [0.717, 1.165) is 0 Å². The van der Waals surface area contributed by atoms with Crippen LogP contribution in [0.2, 0.25) is 0 Å². The average molecular weight is 240 g/mol. The fourth-order valence-electron chi connectivity index (χ4n) is 1.20. The van der Waals surface area contributed by atoms with E-state index in [2.05, 4.69) is 20.5 Å². The zero-order valence-corrected chi connectivity index (χ0v) is 10.0. The van der Waals surface area contributed by atoms with Crippen molar-refractivity contribution >= 4 is 11.9 Å². The largest absolute Gasteiger partial charge is 0.480 e. The van der Waals surface area contributed by atoms with Gasteiger partial charge in [-0.3, -0.25) is 9.89 Å². The van der Waals surface area contributed by atoms with Gasteiger partial charge in [-0.2, -0.15) is 0 Å². The van der Waals surface area contributed by atoms with Crippen LogP contribution in [-0.4, -0.2) is 38.2 Å². The molecule has 1 amide bonds. The Morgan fingerprint density at radius 3 is 2.53 bits per heavy atom. The van der Waals surface area contributed by atoms with Crippen LogP contribution in [0.25, 0.3) is 0 Å². The summed E-state index contributed by atoms with van der Waals surface area (Å²) in [4.78, 5) is 26.4. The highest BCUT2D eigenvalue weighted by molar-refractivity contribution is 5.93. The second-order valence-corrected chi connectivity index (χ2v) is 3.97. The van der Waals surface area contributed by atoms with Crippen molar-refractivity contribution in [2.24, 2.45) is 0 Å². The first-order valence-electron chi connectivity index (χ1n) is 5.41. The van der Waals surface area contributed by atoms with Gasteiger partial charge < -0.3 is 10.4 Å². The van der Waals surface area contributed by atoms with E-state index in [9.17, 15) is 9.59 Å². The molecule has 1 unspecified atom stereocenters. The summed E-state index contributed by atoms with van der Waals surface area (Å²) in [5.74, 6) is -0.958. The molecule has 0 bridgehead atoms. The van der Waals surface area contributed by atoms with Crippen LogP contribution in [0.5, 0.6) is 0 Å². The highest BCUT2D eigenvalue weighted by atomic mass is 16.4. The van der Waals surface area contributed by atoms with Gasteiger partial charge in [-0.15, -0.1) is 5.10 Å². The molecule has 1 rings (SSSR count). The number of nitrogens with zero attached hydrogens (tertiary/aromatic N) is 2. The van der Waals surface area contributed by atoms with Gasteiger partial charge in [0, 0.05) is 5.92 Å². The average Bonchev–Trinajstić information content (AvgIpc) is 2.74. The zero-order chi connectivity index (χ0) is 13.0. The van der Waals surface area contributed by atoms with Crippen LogP contribution in [0.15, 0.2) is 0 Å². The number of aromatic amines is 1. The van der Waals surface area contributed by atoms with E-state index in [1.807, 2.05) is 13.8 Å². The van der Waals surface area contributed by atoms with Gasteiger partial charge in [0.15, 0.2) is 0 Å². The van der Waals surface area contributed by atoms with Gasteiger partial charge in [0.05, 0.1) is 0 Å². The number of carboxylic acids is 1. The molecule has 7 heteroatoms. The van der Waals surface area contributed by atoms with Crippen LogP contribution in [0, 0.1) is 0 Å². The van der Waals surface area contributed by atoms with Crippen molar-refractivity contribution in [2.75, 3.05) is 0 Å². The number of rotatable bonds is 5. The number of hydrogen-bond donors (Lipinski definition) is 3. The Labute approximate surface area is 98.6 Å². The number of H-pyrrole nitrogens is 1. The van der Waals surface area contributed by atoms with Crippen molar-refractivity contribution in [3.8, 4) is 0 Å². The molecule has 94 valence electrons. The topological polar surface area (TPSA) is 108 Å². The number of carbonyl (C=O) groups is 2. The highest BCUT2D eigenvalue weighted by Crippen LogP contribution is 2.07. The lowest BCUT2D eigenvalue weighted by Gasteiger charge is -2.09. The lowest BCUT2D eigenvalue weighted by molar-refractivity contribution is -0.139. The molecule has 0 aliphatic heterocycles. The molecule has 1 atom stereocenters. The highest BCUT2D eigenvalue weighted by Gasteiger charge is 2.21. The molecule has 1 heterocycles. The van der Waals surface area contributed by atoms with Crippen LogP contribution in [0.4, 0.5) is 0 Å². The summed E-state index contributed by atoms with van der Waals surface area (Å²) in [6.45, 7) is 5.50. The van der Waals surface area contributed by atoms with Crippen molar-refractivity contribution in [1.29, 1.82) is 0 Å². The molecule has 1 aromatic heterocycles. The van der Waals surface area contributed by atoms with E-state index in [1.54, 1.807) is 6.92 Å². The van der Waals surface area contributed by atoms with E-state index in [-0.39, 0.29) is 11.7 Å². The quantitative estimate of drug-likeness (QED) is 0.695. The van der Waals surface area contributed by atoms with Gasteiger partial charge >= 0.3 is 5.97 Å². The van der Waals surface area contributed by atoms with Gasteiger partial charge in [0.2, 0.25) is 5.82 Å². The third-order valence-electron chi connectivity index (χ3n) is 2.26. The lowest BCUT2D eigenvalue weighted by Crippen LogP contribution is -2.40. The fourth-order valence-corrected chi connectivity index (χ4v) is 1.20.